The second-order valence-corrected chi connectivity index (χ2v) is 19.1. The van der Waals surface area contributed by atoms with Crippen molar-refractivity contribution in [1.29, 1.82) is 0 Å². The molecule has 0 radical (unpaired) electrons. The molecule has 2 nitrogen and oxygen atoms in total. The summed E-state index contributed by atoms with van der Waals surface area (Å²) in [4.78, 5) is 0. The first kappa shape index (κ1) is 54.2. The predicted octanol–water partition coefficient (Wildman–Crippen LogP) is 19.3. The maximum Gasteiger partial charge on any atom is 0.256 e. The summed E-state index contributed by atoms with van der Waals surface area (Å²) in [6.45, 7) is 9.42. The van der Waals surface area contributed by atoms with E-state index in [4.69, 9.17) is 0 Å². The molecule has 0 unspecified atom stereocenters. The third kappa shape index (κ3) is 37.9. The van der Waals surface area contributed by atoms with Crippen LogP contribution in [0.1, 0.15) is 322 Å². The fraction of sp³-hybridized carbons (Fsp3) is 0.945. The van der Waals surface area contributed by atoms with Crippen molar-refractivity contribution >= 4 is 0 Å². The number of rotatable bonds is 49. The van der Waals surface area contributed by atoms with Crippen LogP contribution in [0.3, 0.4) is 0 Å². The number of aromatic nitrogens is 2. The number of hydrogen-bond donors (Lipinski definition) is 0. The van der Waals surface area contributed by atoms with Crippen molar-refractivity contribution in [3.63, 3.8) is 0 Å². The van der Waals surface area contributed by atoms with Gasteiger partial charge in [-0.2, -0.15) is 0 Å². The Morgan fingerprint density at radius 2 is 0.544 bits per heavy atom. The van der Waals surface area contributed by atoms with Crippen LogP contribution in [0.15, 0.2) is 12.4 Å². The lowest BCUT2D eigenvalue weighted by Gasteiger charge is -2.07. The number of unbranched alkanes of at least 4 members (excludes halogenated alkanes) is 43. The topological polar surface area (TPSA) is 8.81 Å². The van der Waals surface area contributed by atoms with Crippen LogP contribution in [0.2, 0.25) is 0 Å². The molecule has 1 aromatic heterocycles. The highest BCUT2D eigenvalue weighted by molar-refractivity contribution is 4.84. The second kappa shape index (κ2) is 46.3. The molecule has 0 atom stereocenters. The molecule has 2 heteroatoms. The quantitative estimate of drug-likeness (QED) is 0.0459. The molecule has 338 valence electrons. The minimum absolute atomic E-state index is 1.23. The summed E-state index contributed by atoms with van der Waals surface area (Å²) in [5, 5.41) is 0. The molecule has 0 amide bonds. The van der Waals surface area contributed by atoms with E-state index in [1.807, 2.05) is 0 Å². The lowest BCUT2D eigenvalue weighted by Crippen LogP contribution is -2.37. The number of nitrogens with zero attached hydrogens (tertiary/aromatic N) is 2. The molecule has 0 saturated carbocycles. The maximum absolute atomic E-state index is 2.67. The van der Waals surface area contributed by atoms with Crippen LogP contribution in [0.5, 0.6) is 0 Å². The molecule has 0 N–H and O–H groups in total. The highest BCUT2D eigenvalue weighted by Gasteiger charge is 2.16. The fourth-order valence-corrected chi connectivity index (χ4v) is 9.33. The molecule has 0 aliphatic carbocycles. The van der Waals surface area contributed by atoms with Crippen LogP contribution in [0.4, 0.5) is 0 Å². The van der Waals surface area contributed by atoms with Gasteiger partial charge in [0.15, 0.2) is 0 Å². The lowest BCUT2D eigenvalue weighted by molar-refractivity contribution is -0.704. The monoisotopic (exact) mass is 798 g/mol. The predicted molar refractivity (Wildman–Crippen MR) is 258 cm³/mol. The van der Waals surface area contributed by atoms with E-state index in [0.717, 1.165) is 0 Å². The summed E-state index contributed by atoms with van der Waals surface area (Å²) in [6.07, 6.45) is 72.8. The minimum atomic E-state index is 1.23. The maximum atomic E-state index is 2.67. The summed E-state index contributed by atoms with van der Waals surface area (Å²) in [5.41, 5.74) is 0. The smallest absolute Gasteiger partial charge is 0.234 e. The van der Waals surface area contributed by atoms with Crippen molar-refractivity contribution in [2.75, 3.05) is 0 Å². The Balaban J connectivity index is 2.25. The van der Waals surface area contributed by atoms with Crippen molar-refractivity contribution in [2.24, 2.45) is 0 Å². The molecular weight excluding hydrogens is 689 g/mol. The molecule has 0 aromatic carbocycles. The first-order chi connectivity index (χ1) is 28.3. The van der Waals surface area contributed by atoms with Gasteiger partial charge in [-0.25, -0.2) is 9.13 Å². The van der Waals surface area contributed by atoms with Gasteiger partial charge >= 0.3 is 0 Å². The Morgan fingerprint density at radius 3 is 0.842 bits per heavy atom. The lowest BCUT2D eigenvalue weighted by atomic mass is 10.0. The van der Waals surface area contributed by atoms with E-state index < -0.39 is 0 Å². The molecular formula is C55H109N2+. The summed E-state index contributed by atoms with van der Waals surface area (Å²) in [6, 6.07) is 0. The summed E-state index contributed by atoms with van der Waals surface area (Å²) < 4.78 is 5.33. The van der Waals surface area contributed by atoms with Crippen molar-refractivity contribution < 1.29 is 4.57 Å². The molecule has 0 spiro atoms. The van der Waals surface area contributed by atoms with Gasteiger partial charge in [-0.1, -0.05) is 284 Å². The average Bonchev–Trinajstić information content (AvgIpc) is 3.61. The average molecular weight is 798 g/mol. The van der Waals surface area contributed by atoms with Gasteiger partial charge in [-0.05, 0) is 32.1 Å². The summed E-state index contributed by atoms with van der Waals surface area (Å²) in [5.74, 6) is 1.64. The van der Waals surface area contributed by atoms with Gasteiger partial charge in [0, 0.05) is 6.42 Å². The molecule has 57 heavy (non-hydrogen) atoms. The molecule has 0 aliphatic heterocycles. The zero-order chi connectivity index (χ0) is 40.8. The van der Waals surface area contributed by atoms with Gasteiger partial charge in [0.1, 0.15) is 12.4 Å². The SMILES string of the molecule is CCCCCCCCCCCCCCCCCCc1n(CCCCCCCCCCCCCCCC)cc[n+]1CCCCCCCCCCCCCCCCCC. The molecule has 1 heterocycles. The van der Waals surface area contributed by atoms with Crippen LogP contribution in [0, 0.1) is 0 Å². The Kier molecular flexibility index (Phi) is 44.0. The molecule has 0 bridgehead atoms. The standard InChI is InChI=1S/C55H109N2/c1-4-7-10-13-16-19-22-25-28-30-32-35-38-41-44-47-50-55-56(51-48-45-42-39-36-33-27-24-21-18-15-12-9-6-3)53-54-57(55)52-49-46-43-40-37-34-31-29-26-23-20-17-14-11-8-5-2/h53-54H,4-52H2,1-3H3/q+1. The second-order valence-electron chi connectivity index (χ2n) is 19.1. The van der Waals surface area contributed by atoms with Crippen molar-refractivity contribution in [3.8, 4) is 0 Å². The van der Waals surface area contributed by atoms with Crippen LogP contribution < -0.4 is 4.57 Å². The number of aryl methyl sites for hydroxylation is 2. The van der Waals surface area contributed by atoms with Gasteiger partial charge in [0.05, 0.1) is 13.1 Å². The van der Waals surface area contributed by atoms with E-state index in [1.54, 1.807) is 5.82 Å². The van der Waals surface area contributed by atoms with E-state index in [1.165, 1.54) is 315 Å². The van der Waals surface area contributed by atoms with E-state index in [0.29, 0.717) is 0 Å². The third-order valence-electron chi connectivity index (χ3n) is 13.3. The normalized spacial score (nSPS) is 11.7. The Hall–Kier alpha value is -0.790. The van der Waals surface area contributed by atoms with Crippen LogP contribution in [-0.4, -0.2) is 4.57 Å². The molecule has 0 fully saturated rings. The molecule has 1 aromatic rings. The van der Waals surface area contributed by atoms with Crippen LogP contribution >= 0.6 is 0 Å². The molecule has 0 aliphatic rings. The van der Waals surface area contributed by atoms with Crippen LogP contribution in [-0.2, 0) is 19.5 Å². The first-order valence-electron chi connectivity index (χ1n) is 27.4. The zero-order valence-corrected chi connectivity index (χ0v) is 40.2. The fourth-order valence-electron chi connectivity index (χ4n) is 9.33. The summed E-state index contributed by atoms with van der Waals surface area (Å²) in [7, 11) is 0. The summed E-state index contributed by atoms with van der Waals surface area (Å²) >= 11 is 0. The van der Waals surface area contributed by atoms with Crippen molar-refractivity contribution in [3.05, 3.63) is 18.2 Å². The Bertz CT molecular complexity index is 872. The van der Waals surface area contributed by atoms with E-state index in [-0.39, 0.29) is 0 Å². The van der Waals surface area contributed by atoms with Gasteiger partial charge in [0.2, 0.25) is 0 Å². The highest BCUT2D eigenvalue weighted by Crippen LogP contribution is 2.18. The Morgan fingerprint density at radius 1 is 0.298 bits per heavy atom. The van der Waals surface area contributed by atoms with Gasteiger partial charge in [-0.15, -0.1) is 0 Å². The molecule has 0 saturated heterocycles. The number of imidazole rings is 1. The largest absolute Gasteiger partial charge is 0.256 e. The first-order valence-corrected chi connectivity index (χ1v) is 27.4. The Labute approximate surface area is 361 Å². The van der Waals surface area contributed by atoms with Crippen molar-refractivity contribution in [2.45, 2.75) is 336 Å². The highest BCUT2D eigenvalue weighted by atomic mass is 15.1. The van der Waals surface area contributed by atoms with E-state index in [2.05, 4.69) is 42.3 Å². The van der Waals surface area contributed by atoms with Crippen LogP contribution in [0.25, 0.3) is 0 Å². The van der Waals surface area contributed by atoms with Gasteiger partial charge in [0.25, 0.3) is 5.82 Å². The molecule has 1 rings (SSSR count). The minimum Gasteiger partial charge on any atom is -0.234 e. The van der Waals surface area contributed by atoms with Crippen molar-refractivity contribution in [1.82, 2.24) is 4.57 Å². The van der Waals surface area contributed by atoms with E-state index in [9.17, 15) is 0 Å². The van der Waals surface area contributed by atoms with Gasteiger partial charge in [-0.3, -0.25) is 0 Å². The third-order valence-corrected chi connectivity index (χ3v) is 13.3. The number of hydrogen-bond acceptors (Lipinski definition) is 0. The zero-order valence-electron chi connectivity index (χ0n) is 40.2. The van der Waals surface area contributed by atoms with E-state index >= 15 is 0 Å². The van der Waals surface area contributed by atoms with Gasteiger partial charge < -0.3 is 0 Å².